The Morgan fingerprint density at radius 2 is 1.81 bits per heavy atom. The maximum atomic E-state index is 13.9. The van der Waals surface area contributed by atoms with Crippen LogP contribution in [0.2, 0.25) is 0 Å². The lowest BCUT2D eigenvalue weighted by Crippen LogP contribution is -2.67. The lowest BCUT2D eigenvalue weighted by atomic mass is 9.79. The number of nitrogens with zero attached hydrogens (tertiary/aromatic N) is 1. The molecule has 0 aromatic heterocycles. The Bertz CT molecular complexity index is 597. The van der Waals surface area contributed by atoms with Gasteiger partial charge in [-0.05, 0) is 25.0 Å². The Kier molecular flexibility index (Phi) is 3.39. The first kappa shape index (κ1) is 14.0. The van der Waals surface area contributed by atoms with Crippen LogP contribution >= 0.6 is 0 Å². The summed E-state index contributed by atoms with van der Waals surface area (Å²) in [7, 11) is 0. The van der Waals surface area contributed by atoms with E-state index in [-0.39, 0.29) is 24.0 Å². The molecule has 0 bridgehead atoms. The zero-order valence-corrected chi connectivity index (χ0v) is 11.5. The van der Waals surface area contributed by atoms with Gasteiger partial charge in [0.15, 0.2) is 0 Å². The summed E-state index contributed by atoms with van der Waals surface area (Å²) in [5.41, 5.74) is -1.12. The molecular formula is C15H16F2N2O2. The number of nitrogens with one attached hydrogen (secondary N) is 1. The highest BCUT2D eigenvalue weighted by Gasteiger charge is 2.47. The third kappa shape index (κ3) is 2.39. The Labute approximate surface area is 121 Å². The zero-order valence-electron chi connectivity index (χ0n) is 11.5. The van der Waals surface area contributed by atoms with E-state index in [1.807, 2.05) is 0 Å². The number of hydrogen-bond acceptors (Lipinski definition) is 2. The number of halogens is 2. The van der Waals surface area contributed by atoms with Crippen LogP contribution in [-0.4, -0.2) is 23.9 Å². The summed E-state index contributed by atoms with van der Waals surface area (Å²) in [5.74, 6) is -2.01. The van der Waals surface area contributed by atoms with Crippen LogP contribution < -0.4 is 10.2 Å². The Morgan fingerprint density at radius 1 is 1.10 bits per heavy atom. The quantitative estimate of drug-likeness (QED) is 0.862. The normalized spacial score (nSPS) is 21.5. The van der Waals surface area contributed by atoms with E-state index in [9.17, 15) is 18.4 Å². The third-order valence-electron chi connectivity index (χ3n) is 4.24. The predicted octanol–water partition coefficient (Wildman–Crippen LogP) is 2.13. The second-order valence-electron chi connectivity index (χ2n) is 5.68. The minimum atomic E-state index is -0.952. The second kappa shape index (κ2) is 5.09. The molecule has 1 N–H and O–H groups in total. The van der Waals surface area contributed by atoms with Crippen LogP contribution in [-0.2, 0) is 9.59 Å². The highest BCUT2D eigenvalue weighted by atomic mass is 19.1. The molecule has 0 atom stereocenters. The molecule has 1 heterocycles. The van der Waals surface area contributed by atoms with Gasteiger partial charge in [-0.15, -0.1) is 0 Å². The molecule has 1 aromatic rings. The molecular weight excluding hydrogens is 278 g/mol. The fourth-order valence-electron chi connectivity index (χ4n) is 3.22. The molecule has 2 amide bonds. The summed E-state index contributed by atoms with van der Waals surface area (Å²) < 4.78 is 27.3. The van der Waals surface area contributed by atoms with Crippen LogP contribution in [0.25, 0.3) is 0 Å². The van der Waals surface area contributed by atoms with Gasteiger partial charge in [0.1, 0.15) is 23.7 Å². The van der Waals surface area contributed by atoms with Gasteiger partial charge in [-0.25, -0.2) is 8.78 Å². The Balaban J connectivity index is 1.99. The van der Waals surface area contributed by atoms with E-state index < -0.39 is 17.2 Å². The lowest BCUT2D eigenvalue weighted by Gasteiger charge is -2.44. The number of rotatable bonds is 1. The SMILES string of the molecule is O=C1CN(c2cc(F)ccc2F)C(=O)C2(CCCCC2)N1. The van der Waals surface area contributed by atoms with Gasteiger partial charge < -0.3 is 5.32 Å². The van der Waals surface area contributed by atoms with Crippen molar-refractivity contribution in [2.24, 2.45) is 0 Å². The van der Waals surface area contributed by atoms with Gasteiger partial charge in [0.2, 0.25) is 5.91 Å². The monoisotopic (exact) mass is 294 g/mol. The van der Waals surface area contributed by atoms with Crippen molar-refractivity contribution in [2.45, 2.75) is 37.6 Å². The number of anilines is 1. The fraction of sp³-hybridized carbons (Fsp3) is 0.467. The molecule has 2 aliphatic rings. The minimum absolute atomic E-state index is 0.167. The molecule has 1 aromatic carbocycles. The number of benzene rings is 1. The first-order valence-electron chi connectivity index (χ1n) is 7.10. The standard InChI is InChI=1S/C15H16F2N2O2/c16-10-4-5-11(17)12(8-10)19-9-13(20)18-15(14(19)21)6-2-1-3-7-15/h4-5,8H,1-3,6-7,9H2,(H,18,20). The summed E-state index contributed by atoms with van der Waals surface area (Å²) in [6.07, 6.45) is 3.78. The molecule has 4 nitrogen and oxygen atoms in total. The van der Waals surface area contributed by atoms with Crippen LogP contribution in [0.1, 0.15) is 32.1 Å². The van der Waals surface area contributed by atoms with Crippen molar-refractivity contribution in [3.05, 3.63) is 29.8 Å². The van der Waals surface area contributed by atoms with Gasteiger partial charge in [0.25, 0.3) is 5.91 Å². The molecule has 1 spiro atoms. The van der Waals surface area contributed by atoms with Crippen LogP contribution in [0.4, 0.5) is 14.5 Å². The minimum Gasteiger partial charge on any atom is -0.340 e. The third-order valence-corrected chi connectivity index (χ3v) is 4.24. The molecule has 2 fully saturated rings. The van der Waals surface area contributed by atoms with Gasteiger partial charge in [-0.3, -0.25) is 14.5 Å². The van der Waals surface area contributed by atoms with Crippen LogP contribution in [0, 0.1) is 11.6 Å². The van der Waals surface area contributed by atoms with Crippen LogP contribution in [0.15, 0.2) is 18.2 Å². The van der Waals surface area contributed by atoms with E-state index in [0.29, 0.717) is 12.8 Å². The number of carbonyl (C=O) groups is 2. The topological polar surface area (TPSA) is 49.4 Å². The summed E-state index contributed by atoms with van der Waals surface area (Å²) in [5, 5.41) is 2.77. The van der Waals surface area contributed by atoms with E-state index in [2.05, 4.69) is 5.32 Å². The predicted molar refractivity (Wildman–Crippen MR) is 72.7 cm³/mol. The van der Waals surface area contributed by atoms with E-state index >= 15 is 0 Å². The van der Waals surface area contributed by atoms with Crippen molar-refractivity contribution in [1.29, 1.82) is 0 Å². The van der Waals surface area contributed by atoms with Crippen LogP contribution in [0.5, 0.6) is 0 Å². The van der Waals surface area contributed by atoms with Gasteiger partial charge in [-0.2, -0.15) is 0 Å². The highest BCUT2D eigenvalue weighted by molar-refractivity contribution is 6.09. The second-order valence-corrected chi connectivity index (χ2v) is 5.68. The average Bonchev–Trinajstić information content (AvgIpc) is 2.47. The maximum absolute atomic E-state index is 13.9. The molecule has 6 heteroatoms. The summed E-state index contributed by atoms with van der Waals surface area (Å²) in [6.45, 7) is -0.277. The number of carbonyl (C=O) groups excluding carboxylic acids is 2. The van der Waals surface area contributed by atoms with E-state index in [0.717, 1.165) is 42.4 Å². The van der Waals surface area contributed by atoms with Gasteiger partial charge in [-0.1, -0.05) is 19.3 Å². The summed E-state index contributed by atoms with van der Waals surface area (Å²) in [6, 6.07) is 2.92. The lowest BCUT2D eigenvalue weighted by molar-refractivity contribution is -0.137. The molecule has 112 valence electrons. The van der Waals surface area contributed by atoms with Crippen molar-refractivity contribution in [1.82, 2.24) is 5.32 Å². The van der Waals surface area contributed by atoms with E-state index in [1.165, 1.54) is 0 Å². The fourth-order valence-corrected chi connectivity index (χ4v) is 3.22. The first-order chi connectivity index (χ1) is 10.0. The van der Waals surface area contributed by atoms with Crippen molar-refractivity contribution >= 4 is 17.5 Å². The molecule has 1 saturated heterocycles. The van der Waals surface area contributed by atoms with Gasteiger partial charge in [0.05, 0.1) is 5.69 Å². The van der Waals surface area contributed by atoms with Crippen molar-refractivity contribution in [2.75, 3.05) is 11.4 Å². The molecule has 21 heavy (non-hydrogen) atoms. The molecule has 0 unspecified atom stereocenters. The van der Waals surface area contributed by atoms with Crippen molar-refractivity contribution < 1.29 is 18.4 Å². The first-order valence-corrected chi connectivity index (χ1v) is 7.10. The summed E-state index contributed by atoms with van der Waals surface area (Å²) in [4.78, 5) is 25.7. The zero-order chi connectivity index (χ0) is 15.0. The van der Waals surface area contributed by atoms with Crippen molar-refractivity contribution in [3.8, 4) is 0 Å². The molecule has 1 saturated carbocycles. The summed E-state index contributed by atoms with van der Waals surface area (Å²) >= 11 is 0. The molecule has 1 aliphatic carbocycles. The van der Waals surface area contributed by atoms with E-state index in [4.69, 9.17) is 0 Å². The number of amides is 2. The Morgan fingerprint density at radius 3 is 2.52 bits per heavy atom. The van der Waals surface area contributed by atoms with Crippen molar-refractivity contribution in [3.63, 3.8) is 0 Å². The largest absolute Gasteiger partial charge is 0.340 e. The number of hydrogen-bond donors (Lipinski definition) is 1. The van der Waals surface area contributed by atoms with Gasteiger partial charge >= 0.3 is 0 Å². The molecule has 0 radical (unpaired) electrons. The Hall–Kier alpha value is -1.98. The molecule has 1 aliphatic heterocycles. The highest BCUT2D eigenvalue weighted by Crippen LogP contribution is 2.34. The average molecular weight is 294 g/mol. The smallest absolute Gasteiger partial charge is 0.253 e. The number of piperazine rings is 1. The van der Waals surface area contributed by atoms with Gasteiger partial charge in [0, 0.05) is 6.07 Å². The van der Waals surface area contributed by atoms with E-state index in [1.54, 1.807) is 0 Å². The maximum Gasteiger partial charge on any atom is 0.253 e. The van der Waals surface area contributed by atoms with Crippen LogP contribution in [0.3, 0.4) is 0 Å². The molecule has 3 rings (SSSR count).